The summed E-state index contributed by atoms with van der Waals surface area (Å²) in [6.07, 6.45) is 1.54. The van der Waals surface area contributed by atoms with Crippen LogP contribution in [0.4, 0.5) is 0 Å². The third kappa shape index (κ3) is 2.75. The molecule has 0 aliphatic heterocycles. The van der Waals surface area contributed by atoms with Crippen LogP contribution in [-0.2, 0) is 12.5 Å². The molecule has 0 saturated carbocycles. The predicted octanol–water partition coefficient (Wildman–Crippen LogP) is 7.21. The van der Waals surface area contributed by atoms with Crippen LogP contribution in [0.1, 0.15) is 69.3 Å². The summed E-state index contributed by atoms with van der Waals surface area (Å²) >= 11 is 0. The lowest BCUT2D eigenvalue weighted by Gasteiger charge is -2.20. The van der Waals surface area contributed by atoms with Gasteiger partial charge in [-0.2, -0.15) is 0 Å². The minimum Gasteiger partial charge on any atom is -0.437 e. The molecule has 3 nitrogen and oxygen atoms in total. The maximum absolute atomic E-state index is 8.71. The van der Waals surface area contributed by atoms with E-state index in [1.807, 2.05) is 49.4 Å². The van der Waals surface area contributed by atoms with Gasteiger partial charge < -0.3 is 4.42 Å². The number of pyridine rings is 2. The largest absolute Gasteiger partial charge is 0.437 e. The number of rotatable bonds is 2. The van der Waals surface area contributed by atoms with Crippen LogP contribution in [0.3, 0.4) is 0 Å². The molecule has 3 aromatic heterocycles. The van der Waals surface area contributed by atoms with Crippen molar-refractivity contribution in [3.63, 3.8) is 0 Å². The van der Waals surface area contributed by atoms with Crippen LogP contribution in [0, 0.1) is 6.92 Å². The predicted molar refractivity (Wildman–Crippen MR) is 135 cm³/mol. The van der Waals surface area contributed by atoms with Crippen LogP contribution in [0.15, 0.2) is 65.2 Å². The number of aryl methyl sites for hydroxylation is 2. The van der Waals surface area contributed by atoms with Crippen LogP contribution in [0.5, 0.6) is 0 Å². The molecule has 0 amide bonds. The second kappa shape index (κ2) is 6.77. The van der Waals surface area contributed by atoms with Gasteiger partial charge in [0.2, 0.25) is 11.4 Å². The van der Waals surface area contributed by atoms with E-state index >= 15 is 0 Å². The third-order valence-electron chi connectivity index (χ3n) is 6.80. The zero-order valence-corrected chi connectivity index (χ0v) is 18.6. The molecule has 1 aliphatic rings. The Balaban J connectivity index is 1.65. The van der Waals surface area contributed by atoms with E-state index in [1.54, 1.807) is 18.5 Å². The van der Waals surface area contributed by atoms with Crippen molar-refractivity contribution in [3.05, 3.63) is 83.0 Å². The highest BCUT2D eigenvalue weighted by Crippen LogP contribution is 2.49. The van der Waals surface area contributed by atoms with Crippen LogP contribution >= 0.6 is 0 Å². The summed E-state index contributed by atoms with van der Waals surface area (Å²) in [5.74, 6) is -2.87. The van der Waals surface area contributed by atoms with Gasteiger partial charge in [-0.1, -0.05) is 63.9 Å². The van der Waals surface area contributed by atoms with Gasteiger partial charge in [-0.15, -0.1) is 0 Å². The molecule has 2 aromatic carbocycles. The van der Waals surface area contributed by atoms with E-state index < -0.39 is 31.9 Å². The number of hydrogen-bond donors (Lipinski definition) is 0. The van der Waals surface area contributed by atoms with Gasteiger partial charge >= 0.3 is 0 Å². The van der Waals surface area contributed by atoms with E-state index in [0.717, 1.165) is 11.1 Å². The van der Waals surface area contributed by atoms with Gasteiger partial charge in [0, 0.05) is 47.6 Å². The summed E-state index contributed by atoms with van der Waals surface area (Å²) < 4.78 is 90.0. The molecule has 0 spiro atoms. The van der Waals surface area contributed by atoms with Crippen LogP contribution in [0.2, 0.25) is 0 Å². The fraction of sp³-hybridized carbons (Fsp3) is 0.267. The van der Waals surface area contributed by atoms with Crippen molar-refractivity contribution in [2.45, 2.75) is 45.7 Å². The average Bonchev–Trinajstić information content (AvgIpc) is 3.39. The molecule has 6 rings (SSSR count). The van der Waals surface area contributed by atoms with Crippen LogP contribution < -0.4 is 4.57 Å². The van der Waals surface area contributed by atoms with E-state index in [4.69, 9.17) is 23.1 Å². The molecule has 0 bridgehead atoms. The molecule has 0 N–H and O–H groups in total. The standard InChI is InChI=1S/C30H29N2O/c1-17(2)19-13-14-32(6)25(15-19)26-18(3)11-12-20-22-16-24-27(31-29(22)33-28(20)26)21-9-7-8-10-23(21)30(24,4)5/h7-17H,1-6H3/q+1/i1D3,2D3,4D3,17D. The maximum atomic E-state index is 8.71. The minimum absolute atomic E-state index is 0.171. The van der Waals surface area contributed by atoms with Gasteiger partial charge in [0.25, 0.3) is 0 Å². The number of nitrogens with zero attached hydrogens (tertiary/aromatic N) is 2. The molecular formula is C30H29N2O+. The lowest BCUT2D eigenvalue weighted by molar-refractivity contribution is -0.660. The second-order valence-corrected chi connectivity index (χ2v) is 8.93. The first-order valence-electron chi connectivity index (χ1n) is 15.8. The first-order valence-corrected chi connectivity index (χ1v) is 10.8. The summed E-state index contributed by atoms with van der Waals surface area (Å²) in [5.41, 5.74) is 3.61. The quantitative estimate of drug-likeness (QED) is 0.270. The van der Waals surface area contributed by atoms with Gasteiger partial charge in [0.05, 0.1) is 11.3 Å². The van der Waals surface area contributed by atoms with Crippen molar-refractivity contribution >= 4 is 22.1 Å². The topological polar surface area (TPSA) is 29.9 Å². The van der Waals surface area contributed by atoms with E-state index in [2.05, 4.69) is 0 Å². The van der Waals surface area contributed by atoms with Gasteiger partial charge in [-0.05, 0) is 41.1 Å². The Hall–Kier alpha value is -3.46. The van der Waals surface area contributed by atoms with Crippen molar-refractivity contribution in [1.82, 2.24) is 4.98 Å². The molecule has 1 aliphatic carbocycles. The van der Waals surface area contributed by atoms with Crippen molar-refractivity contribution in [2.24, 2.45) is 7.05 Å². The van der Waals surface area contributed by atoms with Gasteiger partial charge in [-0.3, -0.25) is 0 Å². The molecule has 164 valence electrons. The fourth-order valence-electron chi connectivity index (χ4n) is 5.01. The summed E-state index contributed by atoms with van der Waals surface area (Å²) in [5, 5.41) is 1.29. The lowest BCUT2D eigenvalue weighted by Crippen LogP contribution is -2.31. The smallest absolute Gasteiger partial charge is 0.227 e. The van der Waals surface area contributed by atoms with E-state index in [0.29, 0.717) is 50.1 Å². The summed E-state index contributed by atoms with van der Waals surface area (Å²) in [7, 11) is 1.74. The highest BCUT2D eigenvalue weighted by atomic mass is 16.3. The van der Waals surface area contributed by atoms with Crippen LogP contribution in [0.25, 0.3) is 44.6 Å². The van der Waals surface area contributed by atoms with Crippen molar-refractivity contribution in [2.75, 3.05) is 0 Å². The molecular weight excluding hydrogens is 404 g/mol. The second-order valence-electron chi connectivity index (χ2n) is 8.93. The molecule has 1 atom stereocenters. The summed E-state index contributed by atoms with van der Waals surface area (Å²) in [6.45, 7) is -5.05. The first kappa shape index (κ1) is 12.1. The molecule has 33 heavy (non-hydrogen) atoms. The first-order chi connectivity index (χ1) is 19.8. The Morgan fingerprint density at radius 2 is 1.91 bits per heavy atom. The Bertz CT molecular complexity index is 1940. The normalized spacial score (nSPS) is 23.1. The Morgan fingerprint density at radius 3 is 2.73 bits per heavy atom. The SMILES string of the molecule is [2H]C([2H])([2H])C1(C)c2ccccc2-c2nc3oc4c(-c5cc(C([2H])(C([2H])([2H])[2H])C([2H])([2H])[2H])cc[n+]5C)c(C)ccc4c3cc21. The molecule has 0 radical (unpaired) electrons. The molecule has 5 aromatic rings. The summed E-state index contributed by atoms with van der Waals surface area (Å²) in [4.78, 5) is 4.85. The summed E-state index contributed by atoms with van der Waals surface area (Å²) in [6, 6.07) is 15.7. The third-order valence-corrected chi connectivity index (χ3v) is 6.80. The maximum Gasteiger partial charge on any atom is 0.227 e. The molecule has 3 heterocycles. The minimum atomic E-state index is -3.13. The average molecular weight is 444 g/mol. The lowest BCUT2D eigenvalue weighted by atomic mass is 9.82. The molecule has 3 heteroatoms. The Morgan fingerprint density at radius 1 is 1.06 bits per heavy atom. The van der Waals surface area contributed by atoms with Crippen LogP contribution in [-0.4, -0.2) is 4.98 Å². The Labute approximate surface area is 208 Å². The number of fused-ring (bicyclic) bond motifs is 6. The van der Waals surface area contributed by atoms with E-state index in [1.165, 1.54) is 18.3 Å². The van der Waals surface area contributed by atoms with Gasteiger partial charge in [0.15, 0.2) is 11.8 Å². The van der Waals surface area contributed by atoms with Gasteiger partial charge in [0.1, 0.15) is 7.05 Å². The number of benzene rings is 2. The Kier molecular flexibility index (Phi) is 2.49. The zero-order chi connectivity index (χ0) is 31.5. The fourth-order valence-corrected chi connectivity index (χ4v) is 5.01. The van der Waals surface area contributed by atoms with Gasteiger partial charge in [-0.25, -0.2) is 9.55 Å². The van der Waals surface area contributed by atoms with Crippen molar-refractivity contribution in [3.8, 4) is 22.5 Å². The highest BCUT2D eigenvalue weighted by molar-refractivity contribution is 6.09. The monoisotopic (exact) mass is 443 g/mol. The zero-order valence-electron chi connectivity index (χ0n) is 28.6. The number of furan rings is 1. The van der Waals surface area contributed by atoms with Crippen molar-refractivity contribution < 1.29 is 22.7 Å². The molecule has 1 unspecified atom stereocenters. The molecule has 0 saturated heterocycles. The number of aromatic nitrogens is 2. The van der Waals surface area contributed by atoms with E-state index in [-0.39, 0.29) is 5.56 Å². The van der Waals surface area contributed by atoms with E-state index in [9.17, 15) is 0 Å². The molecule has 0 fully saturated rings. The van der Waals surface area contributed by atoms with Crippen molar-refractivity contribution in [1.29, 1.82) is 0 Å². The highest BCUT2D eigenvalue weighted by Gasteiger charge is 2.37. The number of hydrogen-bond acceptors (Lipinski definition) is 2.